The summed E-state index contributed by atoms with van der Waals surface area (Å²) in [6.45, 7) is 2.51. The van der Waals surface area contributed by atoms with Gasteiger partial charge in [0.15, 0.2) is 0 Å². The van der Waals surface area contributed by atoms with E-state index >= 15 is 0 Å². The molecule has 0 spiro atoms. The van der Waals surface area contributed by atoms with E-state index in [1.54, 1.807) is 6.07 Å². The number of hydrogen-bond donors (Lipinski definition) is 0. The summed E-state index contributed by atoms with van der Waals surface area (Å²) in [4.78, 5) is 4.55. The number of benzene rings is 1. The van der Waals surface area contributed by atoms with Gasteiger partial charge in [-0.1, -0.05) is 0 Å². The molecule has 2 heterocycles. The predicted molar refractivity (Wildman–Crippen MR) is 77.5 cm³/mol. The highest BCUT2D eigenvalue weighted by Crippen LogP contribution is 2.23. The Kier molecular flexibility index (Phi) is 3.90. The fraction of sp³-hybridized carbons (Fsp3) is 0.467. The maximum atomic E-state index is 9.05. The highest BCUT2D eigenvalue weighted by molar-refractivity contribution is 6.16. The number of nitrogens with zero attached hydrogens (tertiary/aromatic N) is 3. The van der Waals surface area contributed by atoms with Crippen molar-refractivity contribution in [3.8, 4) is 6.07 Å². The maximum absolute atomic E-state index is 9.05. The Morgan fingerprint density at radius 3 is 3.10 bits per heavy atom. The van der Waals surface area contributed by atoms with Crippen LogP contribution >= 0.6 is 11.6 Å². The van der Waals surface area contributed by atoms with Gasteiger partial charge in [0.25, 0.3) is 0 Å². The number of imidazole rings is 1. The number of ether oxygens (including phenoxy) is 1. The Bertz CT molecular complexity index is 653. The number of nitriles is 1. The summed E-state index contributed by atoms with van der Waals surface area (Å²) in [6, 6.07) is 7.75. The Hall–Kier alpha value is -1.57. The summed E-state index contributed by atoms with van der Waals surface area (Å²) in [6.07, 6.45) is 2.27. The molecule has 4 nitrogen and oxygen atoms in total. The van der Waals surface area contributed by atoms with Crippen molar-refractivity contribution >= 4 is 22.6 Å². The lowest BCUT2D eigenvalue weighted by molar-refractivity contribution is 0.0485. The monoisotopic (exact) mass is 289 g/mol. The van der Waals surface area contributed by atoms with Crippen molar-refractivity contribution in [2.45, 2.75) is 25.3 Å². The topological polar surface area (TPSA) is 50.8 Å². The second-order valence-corrected chi connectivity index (χ2v) is 5.44. The Morgan fingerprint density at radius 2 is 2.40 bits per heavy atom. The minimum absolute atomic E-state index is 0.379. The van der Waals surface area contributed by atoms with Gasteiger partial charge in [-0.2, -0.15) is 5.26 Å². The molecule has 1 aliphatic rings. The zero-order valence-electron chi connectivity index (χ0n) is 11.2. The SMILES string of the molecule is N#Cc1ccc2nc(CCl)n(CC3CCCOC3)c2c1. The van der Waals surface area contributed by atoms with Gasteiger partial charge in [-0.15, -0.1) is 11.6 Å². The summed E-state index contributed by atoms with van der Waals surface area (Å²) in [5.41, 5.74) is 2.54. The van der Waals surface area contributed by atoms with Gasteiger partial charge in [0.05, 0.1) is 35.2 Å². The first kappa shape index (κ1) is 13.4. The van der Waals surface area contributed by atoms with E-state index in [2.05, 4.69) is 15.6 Å². The van der Waals surface area contributed by atoms with E-state index in [0.717, 1.165) is 43.0 Å². The molecule has 0 bridgehead atoms. The van der Waals surface area contributed by atoms with Crippen LogP contribution in [0.2, 0.25) is 0 Å². The molecular weight excluding hydrogens is 274 g/mol. The van der Waals surface area contributed by atoms with Crippen LogP contribution in [0.3, 0.4) is 0 Å². The molecular formula is C15H16ClN3O. The maximum Gasteiger partial charge on any atom is 0.124 e. The lowest BCUT2D eigenvalue weighted by atomic mass is 10.0. The summed E-state index contributed by atoms with van der Waals surface area (Å²) in [5.74, 6) is 1.74. The van der Waals surface area contributed by atoms with Crippen LogP contribution in [0.4, 0.5) is 0 Å². The number of fused-ring (bicyclic) bond motifs is 1. The lowest BCUT2D eigenvalue weighted by Gasteiger charge is -2.23. The molecule has 0 aliphatic carbocycles. The van der Waals surface area contributed by atoms with Crippen molar-refractivity contribution in [1.82, 2.24) is 9.55 Å². The molecule has 0 saturated carbocycles. The van der Waals surface area contributed by atoms with Gasteiger partial charge in [-0.25, -0.2) is 4.98 Å². The van der Waals surface area contributed by atoms with Gasteiger partial charge >= 0.3 is 0 Å². The van der Waals surface area contributed by atoms with Gasteiger partial charge in [-0.05, 0) is 31.0 Å². The van der Waals surface area contributed by atoms with Crippen LogP contribution in [0.1, 0.15) is 24.2 Å². The van der Waals surface area contributed by atoms with Crippen molar-refractivity contribution in [3.63, 3.8) is 0 Å². The van der Waals surface area contributed by atoms with Crippen LogP contribution in [0, 0.1) is 17.2 Å². The molecule has 3 rings (SSSR count). The standard InChI is InChI=1S/C15H16ClN3O/c16-7-15-18-13-4-3-11(8-17)6-14(13)19(15)9-12-2-1-5-20-10-12/h3-4,6,12H,1-2,5,7,9-10H2. The molecule has 0 radical (unpaired) electrons. The number of hydrogen-bond acceptors (Lipinski definition) is 3. The van der Waals surface area contributed by atoms with Crippen LogP contribution < -0.4 is 0 Å². The second-order valence-electron chi connectivity index (χ2n) is 5.17. The van der Waals surface area contributed by atoms with Gasteiger partial charge in [0.1, 0.15) is 5.82 Å². The third-order valence-corrected chi connectivity index (χ3v) is 4.01. The van der Waals surface area contributed by atoms with Crippen molar-refractivity contribution < 1.29 is 4.74 Å². The average Bonchev–Trinajstić information content (AvgIpc) is 2.85. The van der Waals surface area contributed by atoms with Crippen LogP contribution in [0.15, 0.2) is 18.2 Å². The molecule has 5 heteroatoms. The molecule has 0 N–H and O–H groups in total. The molecule has 20 heavy (non-hydrogen) atoms. The Morgan fingerprint density at radius 1 is 1.50 bits per heavy atom. The normalized spacial score (nSPS) is 19.1. The third kappa shape index (κ3) is 2.52. The average molecular weight is 290 g/mol. The van der Waals surface area contributed by atoms with Gasteiger partial charge < -0.3 is 9.30 Å². The van der Waals surface area contributed by atoms with Crippen LogP contribution in [0.25, 0.3) is 11.0 Å². The van der Waals surface area contributed by atoms with Crippen LogP contribution in [-0.4, -0.2) is 22.8 Å². The van der Waals surface area contributed by atoms with Crippen molar-refractivity contribution in [2.24, 2.45) is 5.92 Å². The number of rotatable bonds is 3. The van der Waals surface area contributed by atoms with Crippen LogP contribution in [-0.2, 0) is 17.2 Å². The summed E-state index contributed by atoms with van der Waals surface area (Å²) >= 11 is 6.02. The smallest absolute Gasteiger partial charge is 0.124 e. The van der Waals surface area contributed by atoms with Gasteiger partial charge in [0.2, 0.25) is 0 Å². The molecule has 104 valence electrons. The van der Waals surface area contributed by atoms with E-state index < -0.39 is 0 Å². The summed E-state index contributed by atoms with van der Waals surface area (Å²) < 4.78 is 7.68. The molecule has 1 saturated heterocycles. The number of alkyl halides is 1. The van der Waals surface area contributed by atoms with E-state index in [-0.39, 0.29) is 0 Å². The van der Waals surface area contributed by atoms with Crippen LogP contribution in [0.5, 0.6) is 0 Å². The molecule has 0 amide bonds. The Balaban J connectivity index is 1.99. The molecule has 2 aromatic rings. The van der Waals surface area contributed by atoms with Crippen molar-refractivity contribution in [2.75, 3.05) is 13.2 Å². The first-order chi connectivity index (χ1) is 9.81. The first-order valence-corrected chi connectivity index (χ1v) is 7.38. The minimum atomic E-state index is 0.379. The first-order valence-electron chi connectivity index (χ1n) is 6.85. The summed E-state index contributed by atoms with van der Waals surface area (Å²) in [5, 5.41) is 9.05. The predicted octanol–water partition coefficient (Wildman–Crippen LogP) is 3.07. The highest BCUT2D eigenvalue weighted by atomic mass is 35.5. The minimum Gasteiger partial charge on any atom is -0.381 e. The van der Waals surface area contributed by atoms with Crippen molar-refractivity contribution in [3.05, 3.63) is 29.6 Å². The summed E-state index contributed by atoms with van der Waals surface area (Å²) in [7, 11) is 0. The quantitative estimate of drug-likeness (QED) is 0.816. The largest absolute Gasteiger partial charge is 0.381 e. The molecule has 1 atom stereocenters. The lowest BCUT2D eigenvalue weighted by Crippen LogP contribution is -2.22. The van der Waals surface area contributed by atoms with Crippen molar-refractivity contribution in [1.29, 1.82) is 5.26 Å². The number of aromatic nitrogens is 2. The van der Waals surface area contributed by atoms with E-state index in [1.165, 1.54) is 6.42 Å². The zero-order chi connectivity index (χ0) is 13.9. The Labute approximate surface area is 122 Å². The zero-order valence-corrected chi connectivity index (χ0v) is 11.9. The molecule has 1 aliphatic heterocycles. The van der Waals surface area contributed by atoms with E-state index in [9.17, 15) is 0 Å². The number of halogens is 1. The van der Waals surface area contributed by atoms with E-state index in [1.807, 2.05) is 12.1 Å². The fourth-order valence-electron chi connectivity index (χ4n) is 2.76. The van der Waals surface area contributed by atoms with E-state index in [0.29, 0.717) is 17.4 Å². The molecule has 1 aromatic heterocycles. The highest BCUT2D eigenvalue weighted by Gasteiger charge is 2.18. The third-order valence-electron chi connectivity index (χ3n) is 3.77. The fourth-order valence-corrected chi connectivity index (χ4v) is 2.96. The van der Waals surface area contributed by atoms with Gasteiger partial charge in [0, 0.05) is 19.1 Å². The second kappa shape index (κ2) is 5.82. The molecule has 1 fully saturated rings. The molecule has 1 unspecified atom stereocenters. The van der Waals surface area contributed by atoms with Gasteiger partial charge in [-0.3, -0.25) is 0 Å². The van der Waals surface area contributed by atoms with E-state index in [4.69, 9.17) is 21.6 Å². The molecule has 1 aromatic carbocycles.